The maximum Gasteiger partial charge on any atom is 0.416 e. The van der Waals surface area contributed by atoms with Gasteiger partial charge in [0.25, 0.3) is 0 Å². The number of carbonyl (C=O) groups is 2. The van der Waals surface area contributed by atoms with Gasteiger partial charge in [0.2, 0.25) is 5.91 Å². The Morgan fingerprint density at radius 2 is 1.89 bits per heavy atom. The maximum atomic E-state index is 12.9. The molecule has 3 rings (SSSR count). The monoisotopic (exact) mass is 376 g/mol. The Balaban J connectivity index is 1.87. The van der Waals surface area contributed by atoms with E-state index in [-0.39, 0.29) is 18.1 Å². The van der Waals surface area contributed by atoms with Gasteiger partial charge in [-0.2, -0.15) is 13.2 Å². The van der Waals surface area contributed by atoms with E-state index in [0.29, 0.717) is 12.1 Å². The van der Waals surface area contributed by atoms with E-state index < -0.39 is 23.6 Å². The number of halogens is 3. The number of aryl methyl sites for hydroxylation is 1. The van der Waals surface area contributed by atoms with Crippen molar-refractivity contribution in [2.45, 2.75) is 25.4 Å². The molecule has 0 unspecified atom stereocenters. The average Bonchev–Trinajstić information content (AvgIpc) is 2.91. The Bertz CT molecular complexity index is 862. The lowest BCUT2D eigenvalue weighted by Crippen LogP contribution is -2.29. The highest BCUT2D eigenvalue weighted by Gasteiger charge is 2.44. The number of ketones is 1. The molecule has 0 saturated carbocycles. The molecule has 1 aliphatic rings. The zero-order valence-electron chi connectivity index (χ0n) is 15.0. The van der Waals surface area contributed by atoms with Crippen LogP contribution in [0, 0.1) is 12.8 Å². The minimum Gasteiger partial charge on any atom is -0.344 e. The summed E-state index contributed by atoms with van der Waals surface area (Å²) in [6.45, 7) is 2.16. The summed E-state index contributed by atoms with van der Waals surface area (Å²) >= 11 is 0. The number of rotatable bonds is 4. The fraction of sp³-hybridized carbons (Fsp3) is 0.350. The molecule has 2 atom stereocenters. The second-order valence-electron chi connectivity index (χ2n) is 6.87. The highest BCUT2D eigenvalue weighted by atomic mass is 19.4. The largest absolute Gasteiger partial charge is 0.416 e. The van der Waals surface area contributed by atoms with Crippen molar-refractivity contribution in [3.05, 3.63) is 65.0 Å². The van der Waals surface area contributed by atoms with Gasteiger partial charge in [0.1, 0.15) is 11.7 Å². The Kier molecular flexibility index (Phi) is 5.04. The molecule has 1 aromatic heterocycles. The molecule has 1 aromatic carbocycles. The number of benzene rings is 1. The van der Waals surface area contributed by atoms with Gasteiger partial charge >= 0.3 is 6.18 Å². The van der Waals surface area contributed by atoms with Gasteiger partial charge in [-0.25, -0.2) is 0 Å². The number of Topliss-reactive ketones (excluding diaryl/α,β-unsaturated/α-hetero) is 1. The SMILES string of the molecule is Cc1ccncc1CC(=O)[C@H]1C(=O)N(C)C[C@@H]1c1ccc(C(F)(F)F)cc1. The van der Waals surface area contributed by atoms with E-state index in [4.69, 9.17) is 0 Å². The molecule has 142 valence electrons. The van der Waals surface area contributed by atoms with Crippen molar-refractivity contribution in [2.24, 2.45) is 5.92 Å². The number of nitrogens with zero attached hydrogens (tertiary/aromatic N) is 2. The highest BCUT2D eigenvalue weighted by Crippen LogP contribution is 2.36. The minimum atomic E-state index is -4.42. The van der Waals surface area contributed by atoms with E-state index in [0.717, 1.165) is 23.3 Å². The molecule has 1 fully saturated rings. The predicted octanol–water partition coefficient (Wildman–Crippen LogP) is 3.39. The molecule has 1 aliphatic heterocycles. The summed E-state index contributed by atoms with van der Waals surface area (Å²) in [5.74, 6) is -1.91. The van der Waals surface area contributed by atoms with Crippen LogP contribution >= 0.6 is 0 Å². The van der Waals surface area contributed by atoms with Gasteiger partial charge in [-0.1, -0.05) is 12.1 Å². The Labute approximate surface area is 155 Å². The van der Waals surface area contributed by atoms with Crippen LogP contribution in [0.25, 0.3) is 0 Å². The van der Waals surface area contributed by atoms with Gasteiger partial charge in [-0.3, -0.25) is 14.6 Å². The molecule has 27 heavy (non-hydrogen) atoms. The van der Waals surface area contributed by atoms with Crippen LogP contribution in [0.5, 0.6) is 0 Å². The van der Waals surface area contributed by atoms with E-state index in [1.54, 1.807) is 25.5 Å². The lowest BCUT2D eigenvalue weighted by atomic mass is 9.83. The third-order valence-corrected chi connectivity index (χ3v) is 5.04. The Hall–Kier alpha value is -2.70. The molecule has 0 aliphatic carbocycles. The Morgan fingerprint density at radius 1 is 1.22 bits per heavy atom. The fourth-order valence-corrected chi connectivity index (χ4v) is 3.46. The number of likely N-dealkylation sites (tertiary alicyclic amines) is 1. The van der Waals surface area contributed by atoms with Crippen LogP contribution < -0.4 is 0 Å². The van der Waals surface area contributed by atoms with Crippen molar-refractivity contribution < 1.29 is 22.8 Å². The first-order chi connectivity index (χ1) is 12.7. The molecule has 7 heteroatoms. The molecule has 0 N–H and O–H groups in total. The van der Waals surface area contributed by atoms with Crippen molar-refractivity contribution in [2.75, 3.05) is 13.6 Å². The lowest BCUT2D eigenvalue weighted by molar-refractivity contribution is -0.138. The number of alkyl halides is 3. The molecule has 4 nitrogen and oxygen atoms in total. The number of amides is 1. The number of hydrogen-bond acceptors (Lipinski definition) is 3. The number of likely N-dealkylation sites (N-methyl/N-ethyl adjacent to an activating group) is 1. The zero-order chi connectivity index (χ0) is 19.8. The van der Waals surface area contributed by atoms with E-state index in [1.807, 2.05) is 6.92 Å². The summed E-state index contributed by atoms with van der Waals surface area (Å²) in [5, 5.41) is 0. The number of aromatic nitrogens is 1. The second kappa shape index (κ2) is 7.13. The third kappa shape index (κ3) is 3.86. The topological polar surface area (TPSA) is 50.3 Å². The number of carbonyl (C=O) groups excluding carboxylic acids is 2. The van der Waals surface area contributed by atoms with Crippen molar-refractivity contribution in [3.63, 3.8) is 0 Å². The maximum absolute atomic E-state index is 12.9. The molecule has 1 saturated heterocycles. The second-order valence-corrected chi connectivity index (χ2v) is 6.87. The first-order valence-electron chi connectivity index (χ1n) is 8.53. The summed E-state index contributed by atoms with van der Waals surface area (Å²) in [6, 6.07) is 6.49. The molecule has 0 bridgehead atoms. The van der Waals surface area contributed by atoms with Crippen LogP contribution in [0.15, 0.2) is 42.7 Å². The van der Waals surface area contributed by atoms with E-state index in [9.17, 15) is 22.8 Å². The first-order valence-corrected chi connectivity index (χ1v) is 8.53. The molecule has 2 aromatic rings. The van der Waals surface area contributed by atoms with Gasteiger partial charge in [0.05, 0.1) is 5.56 Å². The van der Waals surface area contributed by atoms with E-state index in [1.165, 1.54) is 17.0 Å². The Morgan fingerprint density at radius 3 is 2.48 bits per heavy atom. The van der Waals surface area contributed by atoms with Crippen molar-refractivity contribution in [1.29, 1.82) is 0 Å². The lowest BCUT2D eigenvalue weighted by Gasteiger charge is -2.17. The highest BCUT2D eigenvalue weighted by molar-refractivity contribution is 6.04. The molecular formula is C20H19F3N2O2. The molecular weight excluding hydrogens is 357 g/mol. The van der Waals surface area contributed by atoms with Gasteiger partial charge < -0.3 is 4.90 Å². The number of pyridine rings is 1. The van der Waals surface area contributed by atoms with Crippen LogP contribution in [0.1, 0.15) is 28.2 Å². The van der Waals surface area contributed by atoms with E-state index >= 15 is 0 Å². The van der Waals surface area contributed by atoms with Crippen LogP contribution in [0.3, 0.4) is 0 Å². The third-order valence-electron chi connectivity index (χ3n) is 5.04. The molecule has 0 radical (unpaired) electrons. The van der Waals surface area contributed by atoms with Gasteiger partial charge in [-0.15, -0.1) is 0 Å². The van der Waals surface area contributed by atoms with Crippen LogP contribution in [-0.2, 0) is 22.2 Å². The summed E-state index contributed by atoms with van der Waals surface area (Å²) in [7, 11) is 1.60. The first kappa shape index (κ1) is 19.1. The fourth-order valence-electron chi connectivity index (χ4n) is 3.46. The summed E-state index contributed by atoms with van der Waals surface area (Å²) in [5.41, 5.74) is 1.46. The van der Waals surface area contributed by atoms with Crippen molar-refractivity contribution >= 4 is 11.7 Å². The molecule has 0 spiro atoms. The predicted molar refractivity (Wildman–Crippen MR) is 93.0 cm³/mol. The van der Waals surface area contributed by atoms with Crippen LogP contribution in [-0.4, -0.2) is 35.2 Å². The van der Waals surface area contributed by atoms with Crippen LogP contribution in [0.2, 0.25) is 0 Å². The van der Waals surface area contributed by atoms with Gasteiger partial charge in [-0.05, 0) is 41.8 Å². The van der Waals surface area contributed by atoms with Crippen molar-refractivity contribution in [3.8, 4) is 0 Å². The zero-order valence-corrected chi connectivity index (χ0v) is 15.0. The van der Waals surface area contributed by atoms with Gasteiger partial charge in [0.15, 0.2) is 0 Å². The van der Waals surface area contributed by atoms with Gasteiger partial charge in [0, 0.05) is 38.3 Å². The quantitative estimate of drug-likeness (QED) is 0.769. The normalized spacial score (nSPS) is 20.2. The minimum absolute atomic E-state index is 0.0705. The standard InChI is InChI=1S/C20H19F3N2O2/c1-12-7-8-24-10-14(12)9-17(26)18-16(11-25(2)19(18)27)13-3-5-15(6-4-13)20(21,22)23/h3-8,10,16,18H,9,11H2,1-2H3/t16-,18+/m1/s1. The van der Waals surface area contributed by atoms with E-state index in [2.05, 4.69) is 4.98 Å². The smallest absolute Gasteiger partial charge is 0.344 e. The molecule has 2 heterocycles. The van der Waals surface area contributed by atoms with Crippen molar-refractivity contribution in [1.82, 2.24) is 9.88 Å². The summed E-state index contributed by atoms with van der Waals surface area (Å²) in [4.78, 5) is 30.9. The summed E-state index contributed by atoms with van der Waals surface area (Å²) in [6.07, 6.45) is -1.12. The average molecular weight is 376 g/mol. The number of hydrogen-bond donors (Lipinski definition) is 0. The van der Waals surface area contributed by atoms with Crippen LogP contribution in [0.4, 0.5) is 13.2 Å². The molecule has 1 amide bonds. The summed E-state index contributed by atoms with van der Waals surface area (Å²) < 4.78 is 38.4.